The fraction of sp³-hybridized carbons (Fsp3) is 0.562. The number of nitrogens with zero attached hydrogens (tertiary/aromatic N) is 3. The molecule has 2 rings (SSSR count). The zero-order valence-electron chi connectivity index (χ0n) is 13.5. The van der Waals surface area contributed by atoms with Crippen molar-refractivity contribution in [3.63, 3.8) is 0 Å². The second-order valence-corrected chi connectivity index (χ2v) is 6.92. The van der Waals surface area contributed by atoms with E-state index in [4.69, 9.17) is 5.26 Å². The highest BCUT2D eigenvalue weighted by molar-refractivity contribution is 8.00. The van der Waals surface area contributed by atoms with E-state index in [9.17, 15) is 18.0 Å². The Balaban J connectivity index is 2.14. The lowest BCUT2D eigenvalue weighted by Crippen LogP contribution is -2.38. The molecule has 1 aliphatic rings. The molecule has 130 valence electrons. The van der Waals surface area contributed by atoms with E-state index >= 15 is 0 Å². The van der Waals surface area contributed by atoms with Gasteiger partial charge in [0, 0.05) is 18.8 Å². The molecule has 0 unspecified atom stereocenters. The summed E-state index contributed by atoms with van der Waals surface area (Å²) in [7, 11) is 0. The van der Waals surface area contributed by atoms with Gasteiger partial charge in [-0.15, -0.1) is 0 Å². The molecule has 0 N–H and O–H groups in total. The average molecular weight is 357 g/mol. The number of likely N-dealkylation sites (tertiary alicyclic amines) is 1. The number of halogens is 3. The van der Waals surface area contributed by atoms with Gasteiger partial charge in [0.2, 0.25) is 5.91 Å². The molecule has 0 spiro atoms. The van der Waals surface area contributed by atoms with Gasteiger partial charge in [-0.2, -0.15) is 18.4 Å². The lowest BCUT2D eigenvalue weighted by molar-refractivity contribution is -0.138. The first kappa shape index (κ1) is 18.6. The van der Waals surface area contributed by atoms with Gasteiger partial charge in [0.05, 0.1) is 16.9 Å². The third-order valence-corrected chi connectivity index (χ3v) is 4.96. The van der Waals surface area contributed by atoms with Gasteiger partial charge in [-0.1, -0.05) is 18.7 Å². The molecule has 0 saturated carbocycles. The van der Waals surface area contributed by atoms with Crippen LogP contribution in [-0.4, -0.2) is 34.6 Å². The van der Waals surface area contributed by atoms with E-state index in [0.29, 0.717) is 19.0 Å². The number of piperidine rings is 1. The van der Waals surface area contributed by atoms with Gasteiger partial charge in [-0.05, 0) is 31.7 Å². The number of alkyl halides is 3. The molecule has 4 nitrogen and oxygen atoms in total. The van der Waals surface area contributed by atoms with Crippen molar-refractivity contribution in [1.29, 1.82) is 5.26 Å². The Morgan fingerprint density at radius 1 is 1.46 bits per heavy atom. The van der Waals surface area contributed by atoms with Gasteiger partial charge in [0.1, 0.15) is 11.1 Å². The molecule has 0 atom stereocenters. The number of thioether (sulfide) groups is 1. The molecule has 8 heteroatoms. The molecule has 1 amide bonds. The maximum Gasteiger partial charge on any atom is 0.417 e. The second kappa shape index (κ2) is 7.43. The van der Waals surface area contributed by atoms with Crippen LogP contribution in [0.2, 0.25) is 0 Å². The van der Waals surface area contributed by atoms with Crippen LogP contribution < -0.4 is 0 Å². The van der Waals surface area contributed by atoms with E-state index in [1.807, 2.05) is 0 Å². The van der Waals surface area contributed by atoms with Crippen molar-refractivity contribution in [1.82, 2.24) is 9.88 Å². The Bertz CT molecular complexity index is 662. The molecule has 0 aliphatic carbocycles. The number of hydrogen-bond acceptors (Lipinski definition) is 4. The summed E-state index contributed by atoms with van der Waals surface area (Å²) in [6.45, 7) is 4.90. The van der Waals surface area contributed by atoms with E-state index in [1.165, 1.54) is 6.92 Å². The largest absolute Gasteiger partial charge is 0.417 e. The predicted octanol–water partition coefficient (Wildman–Crippen LogP) is 3.63. The minimum atomic E-state index is -4.62. The molecule has 2 heterocycles. The fourth-order valence-electron chi connectivity index (χ4n) is 2.56. The first-order valence-electron chi connectivity index (χ1n) is 7.62. The second-order valence-electron chi connectivity index (χ2n) is 5.95. The third-order valence-electron chi connectivity index (χ3n) is 4.00. The lowest BCUT2D eigenvalue weighted by atomic mass is 9.99. The number of carbonyl (C=O) groups is 1. The average Bonchev–Trinajstić information content (AvgIpc) is 2.51. The molecular formula is C16H18F3N3OS. The number of aryl methyl sites for hydroxylation is 1. The van der Waals surface area contributed by atoms with Crippen molar-refractivity contribution in [3.8, 4) is 6.07 Å². The van der Waals surface area contributed by atoms with E-state index < -0.39 is 17.3 Å². The summed E-state index contributed by atoms with van der Waals surface area (Å²) in [6, 6.07) is 2.44. The van der Waals surface area contributed by atoms with Crippen LogP contribution in [0.15, 0.2) is 11.1 Å². The molecule has 24 heavy (non-hydrogen) atoms. The SMILES string of the molecule is Cc1cc(C(F)(F)F)c(C#N)c(SCC(=O)N2CCC(C)CC2)n1. The van der Waals surface area contributed by atoms with Crippen molar-refractivity contribution in [2.24, 2.45) is 5.92 Å². The minimum Gasteiger partial charge on any atom is -0.342 e. The molecule has 0 radical (unpaired) electrons. The van der Waals surface area contributed by atoms with Gasteiger partial charge < -0.3 is 4.90 Å². The van der Waals surface area contributed by atoms with E-state index in [2.05, 4.69) is 11.9 Å². The Hall–Kier alpha value is -1.75. The quantitative estimate of drug-likeness (QED) is 0.775. The Kier molecular flexibility index (Phi) is 5.75. The highest BCUT2D eigenvalue weighted by Gasteiger charge is 2.35. The molecule has 1 aliphatic heterocycles. The predicted molar refractivity (Wildman–Crippen MR) is 84.4 cm³/mol. The number of amides is 1. The molecule has 0 aromatic carbocycles. The summed E-state index contributed by atoms with van der Waals surface area (Å²) in [5.41, 5.74) is -1.35. The summed E-state index contributed by atoms with van der Waals surface area (Å²) >= 11 is 0.894. The van der Waals surface area contributed by atoms with Gasteiger partial charge in [-0.25, -0.2) is 4.98 Å². The summed E-state index contributed by atoms with van der Waals surface area (Å²) in [4.78, 5) is 18.0. The maximum absolute atomic E-state index is 13.1. The fourth-order valence-corrected chi connectivity index (χ4v) is 3.51. The summed E-state index contributed by atoms with van der Waals surface area (Å²) in [6.07, 6.45) is -2.76. The summed E-state index contributed by atoms with van der Waals surface area (Å²) in [5, 5.41) is 9.06. The number of aromatic nitrogens is 1. The lowest BCUT2D eigenvalue weighted by Gasteiger charge is -2.30. The minimum absolute atomic E-state index is 0.0171. The normalized spacial score (nSPS) is 16.1. The van der Waals surface area contributed by atoms with Crippen LogP contribution in [-0.2, 0) is 11.0 Å². The number of nitriles is 1. The van der Waals surface area contributed by atoms with Crippen molar-refractivity contribution in [2.75, 3.05) is 18.8 Å². The topological polar surface area (TPSA) is 57.0 Å². The molecule has 0 bridgehead atoms. The first-order valence-corrected chi connectivity index (χ1v) is 8.60. The van der Waals surface area contributed by atoms with Gasteiger partial charge in [0.25, 0.3) is 0 Å². The van der Waals surface area contributed by atoms with Crippen LogP contribution in [0, 0.1) is 24.2 Å². The Morgan fingerprint density at radius 2 is 2.08 bits per heavy atom. The van der Waals surface area contributed by atoms with E-state index in [-0.39, 0.29) is 22.4 Å². The Labute approximate surface area is 143 Å². The monoisotopic (exact) mass is 357 g/mol. The highest BCUT2D eigenvalue weighted by atomic mass is 32.2. The summed E-state index contributed by atoms with van der Waals surface area (Å²) in [5.74, 6) is 0.434. The van der Waals surface area contributed by atoms with Gasteiger partial charge >= 0.3 is 6.18 Å². The van der Waals surface area contributed by atoms with Crippen LogP contribution in [0.25, 0.3) is 0 Å². The Morgan fingerprint density at radius 3 is 2.62 bits per heavy atom. The molecular weight excluding hydrogens is 339 g/mol. The van der Waals surface area contributed by atoms with Crippen LogP contribution in [0.4, 0.5) is 13.2 Å². The van der Waals surface area contributed by atoms with E-state index in [0.717, 1.165) is 30.7 Å². The van der Waals surface area contributed by atoms with Crippen LogP contribution in [0.5, 0.6) is 0 Å². The maximum atomic E-state index is 13.1. The molecule has 1 fully saturated rings. The molecule has 1 saturated heterocycles. The zero-order valence-corrected chi connectivity index (χ0v) is 14.3. The van der Waals surface area contributed by atoms with Crippen LogP contribution in [0.3, 0.4) is 0 Å². The standard InChI is InChI=1S/C16H18F3N3OS/c1-10-3-5-22(6-4-10)14(23)9-24-15-12(8-20)13(16(17,18)19)7-11(2)21-15/h7,10H,3-6,9H2,1-2H3. The first-order chi connectivity index (χ1) is 11.2. The van der Waals surface area contributed by atoms with Crippen molar-refractivity contribution >= 4 is 17.7 Å². The van der Waals surface area contributed by atoms with Crippen molar-refractivity contribution in [3.05, 3.63) is 22.9 Å². The van der Waals surface area contributed by atoms with E-state index in [1.54, 1.807) is 11.0 Å². The highest BCUT2D eigenvalue weighted by Crippen LogP contribution is 2.35. The molecule has 1 aromatic rings. The zero-order chi connectivity index (χ0) is 17.9. The van der Waals surface area contributed by atoms with Crippen LogP contribution >= 0.6 is 11.8 Å². The number of carbonyl (C=O) groups excluding carboxylic acids is 1. The smallest absolute Gasteiger partial charge is 0.342 e. The third kappa shape index (κ3) is 4.41. The van der Waals surface area contributed by atoms with Gasteiger partial charge in [-0.3, -0.25) is 4.79 Å². The van der Waals surface area contributed by atoms with Crippen molar-refractivity contribution < 1.29 is 18.0 Å². The number of rotatable bonds is 3. The van der Waals surface area contributed by atoms with Crippen molar-refractivity contribution in [2.45, 2.75) is 37.9 Å². The molecule has 1 aromatic heterocycles. The number of hydrogen-bond donors (Lipinski definition) is 0. The summed E-state index contributed by atoms with van der Waals surface area (Å²) < 4.78 is 39.2. The van der Waals surface area contributed by atoms with Crippen LogP contribution in [0.1, 0.15) is 36.6 Å². The van der Waals surface area contributed by atoms with Gasteiger partial charge in [0.15, 0.2) is 0 Å². The number of pyridine rings is 1.